The van der Waals surface area contributed by atoms with Crippen molar-refractivity contribution in [2.45, 2.75) is 187 Å². The van der Waals surface area contributed by atoms with Crippen molar-refractivity contribution in [2.75, 3.05) is 0 Å². The summed E-state index contributed by atoms with van der Waals surface area (Å²) < 4.78 is 0. The van der Waals surface area contributed by atoms with Crippen molar-refractivity contribution < 1.29 is 4.79 Å². The van der Waals surface area contributed by atoms with Crippen molar-refractivity contribution in [3.63, 3.8) is 0 Å². The van der Waals surface area contributed by atoms with Gasteiger partial charge in [-0.25, -0.2) is 5.84 Å². The number of unbranched alkanes of at least 4 members (excludes halogenated alkanes) is 26. The Kier molecular flexibility index (Phi) is 29.0. The van der Waals surface area contributed by atoms with E-state index in [2.05, 4.69) is 12.3 Å². The smallest absolute Gasteiger partial charge is 0.233 e. The lowest BCUT2D eigenvalue weighted by Crippen LogP contribution is -2.29. The third kappa shape index (κ3) is 29.4. The second kappa shape index (κ2) is 29.5. The van der Waals surface area contributed by atoms with Gasteiger partial charge in [0.15, 0.2) is 0 Å². The Hall–Kier alpha value is -0.570. The fourth-order valence-corrected chi connectivity index (χ4v) is 4.85. The molecule has 0 spiro atoms. The van der Waals surface area contributed by atoms with Crippen LogP contribution in [0.5, 0.6) is 0 Å². The zero-order chi connectivity index (χ0) is 24.1. The molecule has 0 aliphatic carbocycles. The molecule has 0 rings (SSSR count). The van der Waals surface area contributed by atoms with Crippen molar-refractivity contribution in [3.8, 4) is 0 Å². The van der Waals surface area contributed by atoms with Gasteiger partial charge in [0.05, 0.1) is 0 Å². The Morgan fingerprint density at radius 2 is 0.636 bits per heavy atom. The minimum Gasteiger partial charge on any atom is -0.294 e. The molecule has 0 bridgehead atoms. The average molecular weight is 467 g/mol. The van der Waals surface area contributed by atoms with Gasteiger partial charge in [0.2, 0.25) is 5.91 Å². The second-order valence-corrected chi connectivity index (χ2v) is 10.5. The molecule has 3 N–H and O–H groups in total. The maximum atomic E-state index is 11.0. The summed E-state index contributed by atoms with van der Waals surface area (Å²) in [6.07, 6.45) is 38.6. The van der Waals surface area contributed by atoms with Crippen molar-refractivity contribution >= 4 is 5.91 Å². The van der Waals surface area contributed by atoms with Gasteiger partial charge in [-0.05, 0) is 6.42 Å². The molecular weight excluding hydrogens is 404 g/mol. The monoisotopic (exact) mass is 466 g/mol. The normalized spacial score (nSPS) is 11.2. The number of nitrogens with two attached hydrogens (primary N) is 1. The van der Waals surface area contributed by atoms with Crippen LogP contribution in [-0.2, 0) is 4.79 Å². The lowest BCUT2D eigenvalue weighted by Gasteiger charge is -2.04. The Balaban J connectivity index is 3.02. The van der Waals surface area contributed by atoms with Crippen LogP contribution in [-0.4, -0.2) is 5.91 Å². The molecule has 3 heteroatoms. The molecule has 0 heterocycles. The third-order valence-electron chi connectivity index (χ3n) is 7.17. The van der Waals surface area contributed by atoms with Crippen LogP contribution >= 0.6 is 0 Å². The number of carbonyl (C=O) groups excluding carboxylic acids is 1. The van der Waals surface area contributed by atoms with Crippen LogP contribution < -0.4 is 11.3 Å². The summed E-state index contributed by atoms with van der Waals surface area (Å²) in [5.41, 5.74) is 2.20. The minimum atomic E-state index is -0.0328. The van der Waals surface area contributed by atoms with Crippen LogP contribution in [0.25, 0.3) is 0 Å². The lowest BCUT2D eigenvalue weighted by atomic mass is 10.0. The second-order valence-electron chi connectivity index (χ2n) is 10.5. The highest BCUT2D eigenvalue weighted by molar-refractivity contribution is 5.74. The van der Waals surface area contributed by atoms with E-state index in [4.69, 9.17) is 5.84 Å². The highest BCUT2D eigenvalue weighted by Gasteiger charge is 1.98. The van der Waals surface area contributed by atoms with Crippen molar-refractivity contribution in [1.29, 1.82) is 0 Å². The van der Waals surface area contributed by atoms with Gasteiger partial charge in [-0.1, -0.05) is 174 Å². The Labute approximate surface area is 208 Å². The molecule has 0 saturated carbocycles. The van der Waals surface area contributed by atoms with Gasteiger partial charge in [0, 0.05) is 6.42 Å². The van der Waals surface area contributed by atoms with Gasteiger partial charge in [-0.3, -0.25) is 10.2 Å². The number of carbonyl (C=O) groups is 1. The SMILES string of the molecule is CCCCCCCCCCCCCCCCCCCCCCCCCCCCCC(=O)NN. The first-order valence-corrected chi connectivity index (χ1v) is 15.3. The fraction of sp³-hybridized carbons (Fsp3) is 0.967. The van der Waals surface area contributed by atoms with Crippen LogP contribution in [0.4, 0.5) is 0 Å². The molecule has 0 aromatic heterocycles. The number of amides is 1. The predicted octanol–water partition coefficient (Wildman–Crippen LogP) is 9.92. The molecule has 0 fully saturated rings. The van der Waals surface area contributed by atoms with E-state index in [1.165, 1.54) is 161 Å². The lowest BCUT2D eigenvalue weighted by molar-refractivity contribution is -0.121. The summed E-state index contributed by atoms with van der Waals surface area (Å²) in [4.78, 5) is 11.0. The van der Waals surface area contributed by atoms with Crippen molar-refractivity contribution in [2.24, 2.45) is 5.84 Å². The van der Waals surface area contributed by atoms with Crippen LogP contribution in [0.3, 0.4) is 0 Å². The van der Waals surface area contributed by atoms with E-state index in [9.17, 15) is 4.79 Å². The Morgan fingerprint density at radius 3 is 0.848 bits per heavy atom. The summed E-state index contributed by atoms with van der Waals surface area (Å²) in [5, 5.41) is 0. The van der Waals surface area contributed by atoms with Crippen LogP contribution in [0, 0.1) is 0 Å². The zero-order valence-corrected chi connectivity index (χ0v) is 22.8. The van der Waals surface area contributed by atoms with Gasteiger partial charge in [-0.15, -0.1) is 0 Å². The quantitative estimate of drug-likeness (QED) is 0.0521. The van der Waals surface area contributed by atoms with Gasteiger partial charge in [-0.2, -0.15) is 0 Å². The molecule has 1 amide bonds. The molecule has 198 valence electrons. The van der Waals surface area contributed by atoms with E-state index in [0.29, 0.717) is 6.42 Å². The number of hydrazine groups is 1. The number of hydrogen-bond acceptors (Lipinski definition) is 2. The van der Waals surface area contributed by atoms with Gasteiger partial charge in [0.1, 0.15) is 0 Å². The highest BCUT2D eigenvalue weighted by atomic mass is 16.2. The first kappa shape index (κ1) is 32.4. The molecular formula is C30H62N2O. The molecule has 0 aromatic carbocycles. The van der Waals surface area contributed by atoms with Crippen molar-refractivity contribution in [1.82, 2.24) is 5.43 Å². The maximum Gasteiger partial charge on any atom is 0.233 e. The standard InChI is InChI=1S/C30H62N2O/c1-2-3-4-5-6-7-8-9-10-11-12-13-14-15-16-17-18-19-20-21-22-23-24-25-26-27-28-29-30(33)32-31/h2-29,31H2,1H3,(H,32,33). The minimum absolute atomic E-state index is 0.0328. The van der Waals surface area contributed by atoms with E-state index >= 15 is 0 Å². The number of rotatable bonds is 28. The molecule has 0 unspecified atom stereocenters. The summed E-state index contributed by atoms with van der Waals surface area (Å²) >= 11 is 0. The van der Waals surface area contributed by atoms with E-state index < -0.39 is 0 Å². The molecule has 0 radical (unpaired) electrons. The number of nitrogens with one attached hydrogen (secondary N) is 1. The van der Waals surface area contributed by atoms with E-state index in [1.807, 2.05) is 0 Å². The zero-order valence-electron chi connectivity index (χ0n) is 22.8. The van der Waals surface area contributed by atoms with Gasteiger partial charge >= 0.3 is 0 Å². The van der Waals surface area contributed by atoms with Gasteiger partial charge < -0.3 is 0 Å². The van der Waals surface area contributed by atoms with Gasteiger partial charge in [0.25, 0.3) is 0 Å². The Bertz CT molecular complexity index is 372. The highest BCUT2D eigenvalue weighted by Crippen LogP contribution is 2.16. The number of hydrogen-bond donors (Lipinski definition) is 2. The van der Waals surface area contributed by atoms with E-state index in [-0.39, 0.29) is 5.91 Å². The first-order chi connectivity index (χ1) is 16.3. The average Bonchev–Trinajstić information content (AvgIpc) is 2.83. The molecule has 0 aliphatic rings. The van der Waals surface area contributed by atoms with Crippen molar-refractivity contribution in [3.05, 3.63) is 0 Å². The largest absolute Gasteiger partial charge is 0.294 e. The van der Waals surface area contributed by atoms with E-state index in [0.717, 1.165) is 12.8 Å². The fourth-order valence-electron chi connectivity index (χ4n) is 4.85. The third-order valence-corrected chi connectivity index (χ3v) is 7.17. The van der Waals surface area contributed by atoms with Crippen LogP contribution in [0.1, 0.15) is 187 Å². The topological polar surface area (TPSA) is 55.1 Å². The molecule has 0 aromatic rings. The molecule has 33 heavy (non-hydrogen) atoms. The molecule has 0 saturated heterocycles. The van der Waals surface area contributed by atoms with E-state index in [1.54, 1.807) is 0 Å². The summed E-state index contributed by atoms with van der Waals surface area (Å²) in [7, 11) is 0. The first-order valence-electron chi connectivity index (χ1n) is 15.3. The summed E-state index contributed by atoms with van der Waals surface area (Å²) in [6.45, 7) is 2.30. The summed E-state index contributed by atoms with van der Waals surface area (Å²) in [5.74, 6) is 5.05. The van der Waals surface area contributed by atoms with Crippen LogP contribution in [0.2, 0.25) is 0 Å². The molecule has 3 nitrogen and oxygen atoms in total. The molecule has 0 aliphatic heterocycles. The predicted molar refractivity (Wildman–Crippen MR) is 147 cm³/mol. The summed E-state index contributed by atoms with van der Waals surface area (Å²) in [6, 6.07) is 0. The Morgan fingerprint density at radius 1 is 0.424 bits per heavy atom. The maximum absolute atomic E-state index is 11.0. The molecule has 0 atom stereocenters. The van der Waals surface area contributed by atoms with Crippen LogP contribution in [0.15, 0.2) is 0 Å².